The third-order valence-corrected chi connectivity index (χ3v) is 6.77. The number of piperidine rings is 1. The largest absolute Gasteiger partial charge is 0.497 e. The lowest BCUT2D eigenvalue weighted by Gasteiger charge is -2.39. The molecule has 0 aliphatic carbocycles. The molecule has 0 aromatic heterocycles. The Bertz CT molecular complexity index is 706. The normalized spacial score (nSPS) is 25.8. The molecular formula is C24H39IN4O3. The van der Waals surface area contributed by atoms with E-state index < -0.39 is 0 Å². The topological polar surface area (TPSA) is 58.6 Å². The molecule has 0 amide bonds. The number of guanidine groups is 1. The molecule has 3 saturated heterocycles. The molecule has 32 heavy (non-hydrogen) atoms. The summed E-state index contributed by atoms with van der Waals surface area (Å²) in [5.41, 5.74) is 1.32. The summed E-state index contributed by atoms with van der Waals surface area (Å²) in [7, 11) is 3.59. The van der Waals surface area contributed by atoms with Crippen molar-refractivity contribution >= 4 is 29.9 Å². The minimum absolute atomic E-state index is 0. The van der Waals surface area contributed by atoms with Crippen molar-refractivity contribution in [3.8, 4) is 5.75 Å². The van der Waals surface area contributed by atoms with Crippen molar-refractivity contribution in [2.24, 2.45) is 4.99 Å². The predicted octanol–water partition coefficient (Wildman–Crippen LogP) is 3.30. The van der Waals surface area contributed by atoms with E-state index in [1.807, 2.05) is 7.05 Å². The lowest BCUT2D eigenvalue weighted by atomic mass is 10.0. The summed E-state index contributed by atoms with van der Waals surface area (Å²) in [6.45, 7) is 6.41. The maximum atomic E-state index is 6.03. The highest BCUT2D eigenvalue weighted by Crippen LogP contribution is 2.26. The monoisotopic (exact) mass is 558 g/mol. The molecule has 0 radical (unpaired) electrons. The Labute approximate surface area is 209 Å². The highest BCUT2D eigenvalue weighted by atomic mass is 127. The standard InChI is InChI=1S/C24H38N4O3.HI/c1-25-24(28-14-16-31-23(18-28)22-7-6-15-30-22)26-17-21(27-12-4-3-5-13-27)19-8-10-20(29-2)11-9-19;/h8-11,21-23H,3-7,12-18H2,1-2H3,(H,25,26);1H. The number of benzene rings is 1. The van der Waals surface area contributed by atoms with Crippen LogP contribution >= 0.6 is 24.0 Å². The maximum Gasteiger partial charge on any atom is 0.193 e. The van der Waals surface area contributed by atoms with Gasteiger partial charge < -0.3 is 24.4 Å². The van der Waals surface area contributed by atoms with Gasteiger partial charge in [-0.2, -0.15) is 0 Å². The number of nitrogens with one attached hydrogen (secondary N) is 1. The van der Waals surface area contributed by atoms with E-state index in [1.54, 1.807) is 7.11 Å². The van der Waals surface area contributed by atoms with Crippen LogP contribution in [0.4, 0.5) is 0 Å². The Morgan fingerprint density at radius 3 is 2.47 bits per heavy atom. The Balaban J connectivity index is 0.00000289. The molecule has 3 atom stereocenters. The number of hydrogen-bond acceptors (Lipinski definition) is 5. The van der Waals surface area contributed by atoms with Gasteiger partial charge in [-0.05, 0) is 56.5 Å². The molecule has 3 heterocycles. The average Bonchev–Trinajstić information content (AvgIpc) is 3.38. The molecule has 1 N–H and O–H groups in total. The molecule has 8 heteroatoms. The van der Waals surface area contributed by atoms with Gasteiger partial charge in [0.25, 0.3) is 0 Å². The molecular weight excluding hydrogens is 519 g/mol. The number of halogens is 1. The summed E-state index contributed by atoms with van der Waals surface area (Å²) in [6.07, 6.45) is 6.47. The van der Waals surface area contributed by atoms with Crippen LogP contribution in [0.5, 0.6) is 5.75 Å². The molecule has 3 unspecified atom stereocenters. The first-order valence-corrected chi connectivity index (χ1v) is 11.9. The zero-order valence-electron chi connectivity index (χ0n) is 19.5. The smallest absolute Gasteiger partial charge is 0.193 e. The third kappa shape index (κ3) is 6.48. The fourth-order valence-corrected chi connectivity index (χ4v) is 5.02. The number of aliphatic imine (C=N–C) groups is 1. The van der Waals surface area contributed by atoms with Crippen molar-refractivity contribution in [3.05, 3.63) is 29.8 Å². The molecule has 1 aromatic rings. The summed E-state index contributed by atoms with van der Waals surface area (Å²) in [4.78, 5) is 9.55. The lowest BCUT2D eigenvalue weighted by Crippen LogP contribution is -2.54. The number of nitrogens with zero attached hydrogens (tertiary/aromatic N) is 3. The summed E-state index contributed by atoms with van der Waals surface area (Å²) in [5, 5.41) is 3.68. The van der Waals surface area contributed by atoms with Gasteiger partial charge in [0.2, 0.25) is 0 Å². The number of likely N-dealkylation sites (tertiary alicyclic amines) is 1. The zero-order valence-corrected chi connectivity index (χ0v) is 21.8. The van der Waals surface area contributed by atoms with Gasteiger partial charge in [0.05, 0.1) is 25.9 Å². The fourth-order valence-electron chi connectivity index (χ4n) is 5.02. The SMILES string of the molecule is CN=C(NCC(c1ccc(OC)cc1)N1CCCCC1)N1CCOC(C2CCCO2)C1.I. The molecule has 0 saturated carbocycles. The quantitative estimate of drug-likeness (QED) is 0.329. The highest BCUT2D eigenvalue weighted by molar-refractivity contribution is 14.0. The molecule has 0 bridgehead atoms. The van der Waals surface area contributed by atoms with Crippen LogP contribution in [0.2, 0.25) is 0 Å². The Morgan fingerprint density at radius 1 is 1.06 bits per heavy atom. The zero-order chi connectivity index (χ0) is 21.5. The number of hydrogen-bond donors (Lipinski definition) is 1. The van der Waals surface area contributed by atoms with E-state index >= 15 is 0 Å². The van der Waals surface area contributed by atoms with Gasteiger partial charge >= 0.3 is 0 Å². The van der Waals surface area contributed by atoms with Crippen molar-refractivity contribution in [2.45, 2.75) is 50.4 Å². The molecule has 180 valence electrons. The summed E-state index contributed by atoms with van der Waals surface area (Å²) < 4.78 is 17.3. The van der Waals surface area contributed by atoms with Crippen molar-refractivity contribution in [3.63, 3.8) is 0 Å². The molecule has 4 rings (SSSR count). The third-order valence-electron chi connectivity index (χ3n) is 6.77. The number of ether oxygens (including phenoxy) is 3. The van der Waals surface area contributed by atoms with Crippen LogP contribution in [-0.2, 0) is 9.47 Å². The molecule has 3 aliphatic rings. The van der Waals surface area contributed by atoms with Gasteiger partial charge in [-0.15, -0.1) is 24.0 Å². The second-order valence-electron chi connectivity index (χ2n) is 8.72. The van der Waals surface area contributed by atoms with Crippen molar-refractivity contribution in [1.29, 1.82) is 0 Å². The second-order valence-corrected chi connectivity index (χ2v) is 8.72. The van der Waals surface area contributed by atoms with E-state index in [9.17, 15) is 0 Å². The summed E-state index contributed by atoms with van der Waals surface area (Å²) >= 11 is 0. The van der Waals surface area contributed by atoms with Gasteiger partial charge in [-0.25, -0.2) is 0 Å². The Hall–Kier alpha value is -1.10. The first-order chi connectivity index (χ1) is 15.3. The van der Waals surface area contributed by atoms with Crippen molar-refractivity contribution in [1.82, 2.24) is 15.1 Å². The van der Waals surface area contributed by atoms with Crippen LogP contribution in [0, 0.1) is 0 Å². The van der Waals surface area contributed by atoms with E-state index in [1.165, 1.54) is 24.8 Å². The van der Waals surface area contributed by atoms with Gasteiger partial charge in [-0.1, -0.05) is 18.6 Å². The molecule has 0 spiro atoms. The number of morpholine rings is 1. The maximum absolute atomic E-state index is 6.03. The van der Waals surface area contributed by atoms with E-state index in [-0.39, 0.29) is 36.2 Å². The first kappa shape index (κ1) is 25.5. The fraction of sp³-hybridized carbons (Fsp3) is 0.708. The summed E-state index contributed by atoms with van der Waals surface area (Å²) in [6, 6.07) is 8.85. The average molecular weight is 559 g/mol. The lowest BCUT2D eigenvalue weighted by molar-refractivity contribution is -0.0817. The van der Waals surface area contributed by atoms with Crippen LogP contribution in [0.15, 0.2) is 29.3 Å². The number of methoxy groups -OCH3 is 1. The van der Waals surface area contributed by atoms with Gasteiger partial charge in [-0.3, -0.25) is 9.89 Å². The van der Waals surface area contributed by atoms with Crippen LogP contribution in [0.25, 0.3) is 0 Å². The Morgan fingerprint density at radius 2 is 1.81 bits per heavy atom. The second kappa shape index (κ2) is 13.0. The van der Waals surface area contributed by atoms with E-state index in [2.05, 4.69) is 44.4 Å². The predicted molar refractivity (Wildman–Crippen MR) is 138 cm³/mol. The van der Waals surface area contributed by atoms with Gasteiger partial charge in [0, 0.05) is 33.3 Å². The van der Waals surface area contributed by atoms with Crippen LogP contribution in [0.3, 0.4) is 0 Å². The van der Waals surface area contributed by atoms with Crippen LogP contribution in [0.1, 0.15) is 43.7 Å². The minimum atomic E-state index is 0. The van der Waals surface area contributed by atoms with Crippen LogP contribution in [-0.4, -0.2) is 88.1 Å². The molecule has 1 aromatic carbocycles. The molecule has 7 nitrogen and oxygen atoms in total. The van der Waals surface area contributed by atoms with Gasteiger partial charge in [0.15, 0.2) is 5.96 Å². The molecule has 3 aliphatic heterocycles. The van der Waals surface area contributed by atoms with Crippen molar-refractivity contribution < 1.29 is 14.2 Å². The Kier molecular flexibility index (Phi) is 10.3. The van der Waals surface area contributed by atoms with Crippen molar-refractivity contribution in [2.75, 3.05) is 60.1 Å². The molecule has 3 fully saturated rings. The summed E-state index contributed by atoms with van der Waals surface area (Å²) in [5.74, 6) is 1.86. The van der Waals surface area contributed by atoms with Gasteiger partial charge in [0.1, 0.15) is 11.9 Å². The first-order valence-electron chi connectivity index (χ1n) is 11.9. The van der Waals surface area contributed by atoms with Crippen LogP contribution < -0.4 is 10.1 Å². The van der Waals surface area contributed by atoms with E-state index in [0.29, 0.717) is 6.04 Å². The van der Waals surface area contributed by atoms with E-state index in [0.717, 1.165) is 70.5 Å². The minimum Gasteiger partial charge on any atom is -0.497 e. The van der Waals surface area contributed by atoms with E-state index in [4.69, 9.17) is 14.2 Å². The number of rotatable bonds is 6. The highest BCUT2D eigenvalue weighted by Gasteiger charge is 2.32.